The zero-order chi connectivity index (χ0) is 38.2. The molecule has 2 aromatic heterocycles. The third kappa shape index (κ3) is 5.09. The average molecular weight is 743 g/mol. The van der Waals surface area contributed by atoms with E-state index in [4.69, 9.17) is 15.0 Å². The van der Waals surface area contributed by atoms with Crippen molar-refractivity contribution in [3.05, 3.63) is 200 Å². The highest BCUT2D eigenvalue weighted by Crippen LogP contribution is 2.55. The molecular weight excluding hydrogens is 709 g/mol. The number of hydrogen-bond acceptors (Lipinski definition) is 5. The third-order valence-corrected chi connectivity index (χ3v) is 11.6. The normalized spacial score (nSPS) is 13.8. The summed E-state index contributed by atoms with van der Waals surface area (Å²) in [4.78, 5) is 17.4. The summed E-state index contributed by atoms with van der Waals surface area (Å²) in [6, 6.07) is 68.6. The van der Waals surface area contributed by atoms with Gasteiger partial charge in [-0.1, -0.05) is 152 Å². The molecule has 0 saturated heterocycles. The molecule has 12 rings (SSSR count). The summed E-state index contributed by atoms with van der Waals surface area (Å²) in [7, 11) is 0. The maximum absolute atomic E-state index is 5.01. The molecule has 1 unspecified atom stereocenters. The van der Waals surface area contributed by atoms with Crippen LogP contribution in [0, 0.1) is 0 Å². The standard InChI is InChI=1S/C52H34N6/c1-3-15-33(16-4-1)49-54-50(34-17-5-2-6-18-34)56-51(55-49)37-21-13-19-35(29-37)36-20-14-22-38(30-36)57-45-27-11-10-25-41(45)43-31-44-48(32-47(43)57)58-46-28-12-9-24-40(46)39-23-7-8-26-42(39)52(58)53-44/h1-32,52-53H. The number of fused-ring (bicyclic) bond motifs is 11. The van der Waals surface area contributed by atoms with Gasteiger partial charge in [-0.3, -0.25) is 0 Å². The quantitative estimate of drug-likeness (QED) is 0.190. The fraction of sp³-hybridized carbons (Fsp3) is 0.0192. The van der Waals surface area contributed by atoms with E-state index in [1.54, 1.807) is 0 Å². The van der Waals surface area contributed by atoms with Crippen LogP contribution in [-0.4, -0.2) is 19.5 Å². The van der Waals surface area contributed by atoms with E-state index in [1.165, 1.54) is 44.4 Å². The van der Waals surface area contributed by atoms with Gasteiger partial charge in [0.25, 0.3) is 0 Å². The van der Waals surface area contributed by atoms with Crippen molar-refractivity contribution in [2.24, 2.45) is 0 Å². The van der Waals surface area contributed by atoms with Crippen molar-refractivity contribution in [3.8, 4) is 62.1 Å². The van der Waals surface area contributed by atoms with Crippen molar-refractivity contribution >= 4 is 38.9 Å². The predicted molar refractivity (Wildman–Crippen MR) is 236 cm³/mol. The molecule has 2 aliphatic rings. The summed E-state index contributed by atoms with van der Waals surface area (Å²) in [6.07, 6.45) is 0.0137. The lowest BCUT2D eigenvalue weighted by molar-refractivity contribution is 0.819. The van der Waals surface area contributed by atoms with Gasteiger partial charge in [-0.05, 0) is 59.2 Å². The van der Waals surface area contributed by atoms with Gasteiger partial charge >= 0.3 is 0 Å². The molecule has 0 fully saturated rings. The molecule has 58 heavy (non-hydrogen) atoms. The van der Waals surface area contributed by atoms with E-state index in [0.29, 0.717) is 17.5 Å². The highest BCUT2D eigenvalue weighted by atomic mass is 15.3. The molecule has 0 spiro atoms. The molecule has 10 aromatic rings. The largest absolute Gasteiger partial charge is 0.359 e. The minimum Gasteiger partial charge on any atom is -0.359 e. The summed E-state index contributed by atoms with van der Waals surface area (Å²) in [5, 5.41) is 6.35. The topological polar surface area (TPSA) is 58.9 Å². The summed E-state index contributed by atoms with van der Waals surface area (Å²) in [6.45, 7) is 0. The Kier molecular flexibility index (Phi) is 7.19. The van der Waals surface area contributed by atoms with Gasteiger partial charge in [0.15, 0.2) is 17.5 Å². The molecule has 0 radical (unpaired) electrons. The van der Waals surface area contributed by atoms with Gasteiger partial charge in [-0.15, -0.1) is 0 Å². The monoisotopic (exact) mass is 742 g/mol. The van der Waals surface area contributed by atoms with E-state index in [-0.39, 0.29) is 6.17 Å². The fourth-order valence-electron chi connectivity index (χ4n) is 8.93. The summed E-state index contributed by atoms with van der Waals surface area (Å²) in [5.41, 5.74) is 15.8. The molecule has 1 N–H and O–H groups in total. The van der Waals surface area contributed by atoms with Crippen molar-refractivity contribution in [1.82, 2.24) is 19.5 Å². The van der Waals surface area contributed by atoms with Crippen LogP contribution in [0.15, 0.2) is 194 Å². The first-order chi connectivity index (χ1) is 28.7. The molecule has 0 aliphatic carbocycles. The lowest BCUT2D eigenvalue weighted by atomic mass is 9.91. The van der Waals surface area contributed by atoms with E-state index in [2.05, 4.69) is 148 Å². The fourth-order valence-corrected chi connectivity index (χ4v) is 8.93. The molecule has 0 bridgehead atoms. The van der Waals surface area contributed by atoms with Crippen LogP contribution in [0.4, 0.5) is 17.1 Å². The van der Waals surface area contributed by atoms with Gasteiger partial charge in [0, 0.05) is 44.3 Å². The molecular formula is C52H34N6. The maximum atomic E-state index is 5.01. The number of anilines is 3. The summed E-state index contributed by atoms with van der Waals surface area (Å²) < 4.78 is 2.42. The van der Waals surface area contributed by atoms with Crippen molar-refractivity contribution in [2.75, 3.05) is 10.2 Å². The zero-order valence-electron chi connectivity index (χ0n) is 31.3. The second-order valence-electron chi connectivity index (χ2n) is 14.9. The van der Waals surface area contributed by atoms with Crippen molar-refractivity contribution in [3.63, 3.8) is 0 Å². The zero-order valence-corrected chi connectivity index (χ0v) is 31.3. The molecule has 6 heteroatoms. The van der Waals surface area contributed by atoms with E-state index in [9.17, 15) is 0 Å². The van der Waals surface area contributed by atoms with Gasteiger partial charge < -0.3 is 14.8 Å². The number of para-hydroxylation sites is 2. The van der Waals surface area contributed by atoms with Gasteiger partial charge in [0.2, 0.25) is 0 Å². The van der Waals surface area contributed by atoms with Crippen molar-refractivity contribution in [1.29, 1.82) is 0 Å². The summed E-state index contributed by atoms with van der Waals surface area (Å²) >= 11 is 0. The van der Waals surface area contributed by atoms with Crippen LogP contribution in [-0.2, 0) is 0 Å². The number of hydrogen-bond donors (Lipinski definition) is 1. The number of rotatable bonds is 5. The first-order valence-corrected chi connectivity index (χ1v) is 19.6. The number of benzene rings is 8. The highest BCUT2D eigenvalue weighted by molar-refractivity contribution is 6.13. The van der Waals surface area contributed by atoms with Crippen LogP contribution < -0.4 is 10.2 Å². The SMILES string of the molecule is c1ccc(-c2nc(-c3ccccc3)nc(-c3cccc(-c4cccc(-n5c6ccccc6c6cc7c(cc65)N5c6ccccc6-c6ccccc6C5N7)c4)c3)n2)cc1. The Balaban J connectivity index is 0.986. The van der Waals surface area contributed by atoms with Crippen LogP contribution in [0.25, 0.3) is 83.9 Å². The van der Waals surface area contributed by atoms with E-state index < -0.39 is 0 Å². The van der Waals surface area contributed by atoms with Crippen LogP contribution in [0.3, 0.4) is 0 Å². The second-order valence-corrected chi connectivity index (χ2v) is 14.9. The molecule has 2 aliphatic heterocycles. The minimum atomic E-state index is 0.0137. The number of nitrogens with zero attached hydrogens (tertiary/aromatic N) is 5. The number of nitrogens with one attached hydrogen (secondary N) is 1. The molecule has 4 heterocycles. The molecule has 6 nitrogen and oxygen atoms in total. The first-order valence-electron chi connectivity index (χ1n) is 19.6. The Bertz CT molecular complexity index is 3170. The van der Waals surface area contributed by atoms with Gasteiger partial charge in [0.1, 0.15) is 6.17 Å². The lowest BCUT2D eigenvalue weighted by Crippen LogP contribution is -2.27. The minimum absolute atomic E-state index is 0.0137. The smallest absolute Gasteiger partial charge is 0.164 e. The predicted octanol–water partition coefficient (Wildman–Crippen LogP) is 12.9. The van der Waals surface area contributed by atoms with E-state index in [1.807, 2.05) is 60.7 Å². The third-order valence-electron chi connectivity index (χ3n) is 11.6. The highest BCUT2D eigenvalue weighted by Gasteiger charge is 2.38. The molecule has 272 valence electrons. The van der Waals surface area contributed by atoms with Crippen LogP contribution in [0.1, 0.15) is 11.7 Å². The van der Waals surface area contributed by atoms with E-state index in [0.717, 1.165) is 44.7 Å². The molecule has 0 saturated carbocycles. The average Bonchev–Trinajstić information content (AvgIpc) is 3.84. The molecule has 8 aromatic carbocycles. The summed E-state index contributed by atoms with van der Waals surface area (Å²) in [5.74, 6) is 1.93. The number of aromatic nitrogens is 4. The van der Waals surface area contributed by atoms with Crippen LogP contribution in [0.2, 0.25) is 0 Å². The maximum Gasteiger partial charge on any atom is 0.164 e. The Hall–Kier alpha value is -7.83. The first kappa shape index (κ1) is 32.4. The van der Waals surface area contributed by atoms with Crippen LogP contribution >= 0.6 is 0 Å². The second kappa shape index (κ2) is 12.9. The van der Waals surface area contributed by atoms with Crippen molar-refractivity contribution < 1.29 is 0 Å². The van der Waals surface area contributed by atoms with Gasteiger partial charge in [-0.2, -0.15) is 0 Å². The molecule has 0 amide bonds. The van der Waals surface area contributed by atoms with Gasteiger partial charge in [0.05, 0.1) is 28.1 Å². The van der Waals surface area contributed by atoms with Crippen LogP contribution in [0.5, 0.6) is 0 Å². The molecule has 1 atom stereocenters. The Morgan fingerprint density at radius 3 is 1.76 bits per heavy atom. The van der Waals surface area contributed by atoms with Crippen molar-refractivity contribution in [2.45, 2.75) is 6.17 Å². The Morgan fingerprint density at radius 1 is 0.397 bits per heavy atom. The lowest BCUT2D eigenvalue weighted by Gasteiger charge is -2.35. The Morgan fingerprint density at radius 2 is 0.983 bits per heavy atom. The Labute approximate surface area is 335 Å². The van der Waals surface area contributed by atoms with Gasteiger partial charge in [-0.25, -0.2) is 15.0 Å². The van der Waals surface area contributed by atoms with E-state index >= 15 is 0 Å².